The second-order valence-electron chi connectivity index (χ2n) is 6.47. The molecular weight excluding hydrogens is 664 g/mol. The van der Waals surface area contributed by atoms with Crippen molar-refractivity contribution in [3.05, 3.63) is 42.2 Å². The Morgan fingerprint density at radius 2 is 1.07 bits per heavy atom. The normalized spacial score (nSPS) is 20.4. The highest BCUT2D eigenvalue weighted by molar-refractivity contribution is 9.11. The summed E-state index contributed by atoms with van der Waals surface area (Å²) < 4.78 is 50.3. The Bertz CT molecular complexity index is 927. The molecule has 2 aromatic carbocycles. The van der Waals surface area contributed by atoms with Crippen LogP contribution in [0.15, 0.2) is 51.9 Å². The van der Waals surface area contributed by atoms with Crippen molar-refractivity contribution in [2.45, 2.75) is 22.0 Å². The van der Waals surface area contributed by atoms with Crippen LogP contribution in [0.3, 0.4) is 0 Å². The Morgan fingerprint density at radius 3 is 1.34 bits per heavy atom. The summed E-state index contributed by atoms with van der Waals surface area (Å²) in [5.74, 6) is 1.07. The van der Waals surface area contributed by atoms with E-state index in [2.05, 4.69) is 63.7 Å². The molecule has 0 amide bonds. The third-order valence-electron chi connectivity index (χ3n) is 4.20. The summed E-state index contributed by atoms with van der Waals surface area (Å²) in [6.07, 6.45) is 0.193. The second kappa shape index (κ2) is 8.76. The summed E-state index contributed by atoms with van der Waals surface area (Å²) in [6.45, 7) is 2.19. The van der Waals surface area contributed by atoms with Crippen LogP contribution in [0.25, 0.3) is 0 Å². The Morgan fingerprint density at radius 1 is 0.759 bits per heavy atom. The number of halogens is 4. The van der Waals surface area contributed by atoms with Gasteiger partial charge >= 0.3 is 0 Å². The average molecular weight is 678 g/mol. The quantitative estimate of drug-likeness (QED) is 0.361. The van der Waals surface area contributed by atoms with Gasteiger partial charge in [0, 0.05) is 0 Å². The van der Waals surface area contributed by atoms with Crippen LogP contribution in [0.4, 0.5) is 0 Å². The van der Waals surface area contributed by atoms with Crippen LogP contribution in [0, 0.1) is 0 Å². The number of ether oxygens (including phenoxy) is 4. The summed E-state index contributed by atoms with van der Waals surface area (Å²) in [5, 5.41) is 0. The molecule has 0 spiro atoms. The fourth-order valence-corrected chi connectivity index (χ4v) is 7.28. The van der Waals surface area contributed by atoms with Gasteiger partial charge in [-0.25, -0.2) is 8.42 Å². The van der Waals surface area contributed by atoms with Crippen molar-refractivity contribution in [2.24, 2.45) is 0 Å². The summed E-state index contributed by atoms with van der Waals surface area (Å²) in [7, 11) is -3.78. The molecule has 2 fully saturated rings. The lowest BCUT2D eigenvalue weighted by Crippen LogP contribution is -2.08. The standard InChI is InChI=1S/C18H14Br4O6S/c19-13-1-11(2-14(20)17(13)27-7-9-5-25-9)29(23,24)12-3-15(21)18(16(22)4-12)28-8-10-6-26-10/h1-4,9-10H,5-8H2/t9-,10+. The smallest absolute Gasteiger partial charge is 0.206 e. The van der Waals surface area contributed by atoms with E-state index in [0.29, 0.717) is 55.8 Å². The van der Waals surface area contributed by atoms with E-state index in [1.54, 1.807) is 0 Å². The predicted octanol–water partition coefficient (Wildman–Crippen LogP) is 5.12. The number of benzene rings is 2. The third-order valence-corrected chi connectivity index (χ3v) is 8.26. The SMILES string of the molecule is O=S(=O)(c1cc(Br)c(OC[C@@H]2CO2)c(Br)c1)c1cc(Br)c(OC[C@H]2CO2)c(Br)c1. The zero-order valence-electron chi connectivity index (χ0n) is 14.7. The van der Waals surface area contributed by atoms with Crippen molar-refractivity contribution in [2.75, 3.05) is 26.4 Å². The van der Waals surface area contributed by atoms with E-state index < -0.39 is 9.84 Å². The molecule has 2 saturated heterocycles. The number of sulfone groups is 1. The molecule has 0 saturated carbocycles. The number of rotatable bonds is 8. The zero-order valence-corrected chi connectivity index (χ0v) is 21.8. The van der Waals surface area contributed by atoms with Crippen LogP contribution in [0.2, 0.25) is 0 Å². The first-order valence-corrected chi connectivity index (χ1v) is 13.1. The first-order chi connectivity index (χ1) is 13.8. The predicted molar refractivity (Wildman–Crippen MR) is 120 cm³/mol. The van der Waals surface area contributed by atoms with Crippen LogP contribution in [0.5, 0.6) is 11.5 Å². The molecule has 0 radical (unpaired) electrons. The van der Waals surface area contributed by atoms with Crippen LogP contribution >= 0.6 is 63.7 Å². The van der Waals surface area contributed by atoms with Crippen LogP contribution < -0.4 is 9.47 Å². The molecule has 156 valence electrons. The number of hydrogen-bond acceptors (Lipinski definition) is 6. The lowest BCUT2D eigenvalue weighted by molar-refractivity contribution is 0.260. The van der Waals surface area contributed by atoms with Crippen LogP contribution in [0.1, 0.15) is 0 Å². The van der Waals surface area contributed by atoms with Crippen molar-refractivity contribution in [1.29, 1.82) is 0 Å². The van der Waals surface area contributed by atoms with Gasteiger partial charge in [0.15, 0.2) is 0 Å². The average Bonchev–Trinajstić information content (AvgIpc) is 3.54. The van der Waals surface area contributed by atoms with Gasteiger partial charge in [-0.3, -0.25) is 0 Å². The highest BCUT2D eigenvalue weighted by Crippen LogP contribution is 2.41. The fraction of sp³-hybridized carbons (Fsp3) is 0.333. The maximum atomic E-state index is 13.2. The summed E-state index contributed by atoms with van der Waals surface area (Å²) >= 11 is 13.6. The largest absolute Gasteiger partial charge is 0.488 e. The van der Waals surface area contributed by atoms with Crippen LogP contribution in [-0.4, -0.2) is 47.1 Å². The molecular formula is C18H14Br4O6S. The minimum absolute atomic E-state index is 0.0964. The highest BCUT2D eigenvalue weighted by Gasteiger charge is 2.27. The molecule has 0 aromatic heterocycles. The molecule has 0 bridgehead atoms. The lowest BCUT2D eigenvalue weighted by atomic mass is 10.3. The third kappa shape index (κ3) is 5.19. The first-order valence-electron chi connectivity index (χ1n) is 8.47. The Balaban J connectivity index is 1.61. The van der Waals surface area contributed by atoms with E-state index in [9.17, 15) is 8.42 Å². The van der Waals surface area contributed by atoms with Gasteiger partial charge in [0.2, 0.25) is 9.84 Å². The zero-order chi connectivity index (χ0) is 20.8. The number of epoxide rings is 2. The molecule has 0 aliphatic carbocycles. The van der Waals surface area contributed by atoms with E-state index in [-0.39, 0.29) is 22.0 Å². The number of hydrogen-bond donors (Lipinski definition) is 0. The van der Waals surface area contributed by atoms with Crippen molar-refractivity contribution in [3.8, 4) is 11.5 Å². The fourth-order valence-electron chi connectivity index (χ4n) is 2.48. The summed E-state index contributed by atoms with van der Waals surface area (Å²) in [5.41, 5.74) is 0. The maximum absolute atomic E-state index is 13.2. The van der Waals surface area contributed by atoms with Gasteiger partial charge in [-0.05, 0) is 88.0 Å². The topological polar surface area (TPSA) is 77.7 Å². The van der Waals surface area contributed by atoms with Gasteiger partial charge in [-0.15, -0.1) is 0 Å². The molecule has 2 aliphatic heterocycles. The molecule has 2 aliphatic rings. The van der Waals surface area contributed by atoms with E-state index in [4.69, 9.17) is 18.9 Å². The monoisotopic (exact) mass is 674 g/mol. The van der Waals surface area contributed by atoms with Crippen molar-refractivity contribution < 1.29 is 27.4 Å². The highest BCUT2D eigenvalue weighted by atomic mass is 79.9. The molecule has 2 heterocycles. The molecule has 2 aromatic rings. The molecule has 2 atom stereocenters. The van der Waals surface area contributed by atoms with Crippen molar-refractivity contribution >= 4 is 73.6 Å². The summed E-state index contributed by atoms with van der Waals surface area (Å²) in [4.78, 5) is 0.259. The van der Waals surface area contributed by atoms with Crippen LogP contribution in [-0.2, 0) is 19.3 Å². The molecule has 29 heavy (non-hydrogen) atoms. The van der Waals surface area contributed by atoms with Gasteiger partial charge in [0.05, 0.1) is 40.9 Å². The van der Waals surface area contributed by atoms with Gasteiger partial charge < -0.3 is 18.9 Å². The van der Waals surface area contributed by atoms with Gasteiger partial charge in [0.1, 0.15) is 36.9 Å². The summed E-state index contributed by atoms with van der Waals surface area (Å²) in [6, 6.07) is 6.11. The first kappa shape index (κ1) is 22.0. The van der Waals surface area contributed by atoms with Gasteiger partial charge in [-0.1, -0.05) is 0 Å². The van der Waals surface area contributed by atoms with Crippen molar-refractivity contribution in [3.63, 3.8) is 0 Å². The Kier molecular flexibility index (Phi) is 6.66. The molecule has 6 nitrogen and oxygen atoms in total. The lowest BCUT2D eigenvalue weighted by Gasteiger charge is -2.14. The van der Waals surface area contributed by atoms with E-state index in [1.807, 2.05) is 0 Å². The molecule has 4 rings (SSSR count). The molecule has 0 N–H and O–H groups in total. The Labute approximate surface area is 201 Å². The second-order valence-corrected chi connectivity index (χ2v) is 11.8. The van der Waals surface area contributed by atoms with E-state index in [0.717, 1.165) is 0 Å². The molecule has 11 heteroatoms. The van der Waals surface area contributed by atoms with Gasteiger partial charge in [0.25, 0.3) is 0 Å². The maximum Gasteiger partial charge on any atom is 0.206 e. The van der Waals surface area contributed by atoms with Gasteiger partial charge in [-0.2, -0.15) is 0 Å². The minimum Gasteiger partial charge on any atom is -0.488 e. The van der Waals surface area contributed by atoms with E-state index >= 15 is 0 Å². The minimum atomic E-state index is -3.78. The molecule has 0 unspecified atom stereocenters. The van der Waals surface area contributed by atoms with Crippen molar-refractivity contribution in [1.82, 2.24) is 0 Å². The Hall–Kier alpha value is -0.170. The van der Waals surface area contributed by atoms with E-state index in [1.165, 1.54) is 24.3 Å².